The Morgan fingerprint density at radius 3 is 2.56 bits per heavy atom. The lowest BCUT2D eigenvalue weighted by Crippen LogP contribution is -2.51. The number of sulfonamides is 1. The van der Waals surface area contributed by atoms with E-state index in [0.29, 0.717) is 6.42 Å². The molecule has 3 rings (SSSR count). The minimum atomic E-state index is -3.85. The Bertz CT molecular complexity index is 968. The molecule has 1 unspecified atom stereocenters. The van der Waals surface area contributed by atoms with E-state index in [-0.39, 0.29) is 29.1 Å². The van der Waals surface area contributed by atoms with Gasteiger partial charge in [0.1, 0.15) is 10.3 Å². The maximum absolute atomic E-state index is 13.2. The van der Waals surface area contributed by atoms with E-state index < -0.39 is 16.1 Å². The lowest BCUT2D eigenvalue weighted by molar-refractivity contribution is -0.124. The Morgan fingerprint density at radius 1 is 1.19 bits per heavy atom. The summed E-state index contributed by atoms with van der Waals surface area (Å²) in [6.45, 7) is 1.83. The van der Waals surface area contributed by atoms with Crippen LogP contribution >= 0.6 is 11.3 Å². The van der Waals surface area contributed by atoms with Gasteiger partial charge in [-0.05, 0) is 29.7 Å². The third kappa shape index (κ3) is 4.05. The number of nitrogens with one attached hydrogen (secondary N) is 2. The first-order valence-electron chi connectivity index (χ1n) is 8.46. The lowest BCUT2D eigenvalue weighted by Gasteiger charge is -2.34. The van der Waals surface area contributed by atoms with E-state index in [2.05, 4.69) is 10.6 Å². The number of carbonyl (C=O) groups excluding carboxylic acids is 2. The summed E-state index contributed by atoms with van der Waals surface area (Å²) in [6, 6.07) is 9.97. The zero-order chi connectivity index (χ0) is 19.6. The van der Waals surface area contributed by atoms with E-state index in [9.17, 15) is 18.0 Å². The highest BCUT2D eigenvalue weighted by atomic mass is 32.2. The van der Waals surface area contributed by atoms with Crippen molar-refractivity contribution in [2.24, 2.45) is 0 Å². The SMILES string of the molecule is CNC(=O)C1Cc2ccccc2CN1S(=O)(=O)c1ccc(CNC(C)=O)s1. The summed E-state index contributed by atoms with van der Waals surface area (Å²) in [5, 5.41) is 5.22. The van der Waals surface area contributed by atoms with Gasteiger partial charge in [-0.15, -0.1) is 11.3 Å². The van der Waals surface area contributed by atoms with E-state index in [4.69, 9.17) is 0 Å². The van der Waals surface area contributed by atoms with Gasteiger partial charge in [-0.3, -0.25) is 9.59 Å². The molecule has 2 aromatic rings. The van der Waals surface area contributed by atoms with Crippen molar-refractivity contribution in [3.63, 3.8) is 0 Å². The van der Waals surface area contributed by atoms with Gasteiger partial charge in [0.05, 0.1) is 6.54 Å². The number of nitrogens with zero attached hydrogens (tertiary/aromatic N) is 1. The number of benzene rings is 1. The Hall–Kier alpha value is -2.23. The van der Waals surface area contributed by atoms with Crippen LogP contribution in [0.5, 0.6) is 0 Å². The number of fused-ring (bicyclic) bond motifs is 1. The predicted molar refractivity (Wildman–Crippen MR) is 103 cm³/mol. The van der Waals surface area contributed by atoms with Crippen molar-refractivity contribution < 1.29 is 18.0 Å². The molecule has 0 fully saturated rings. The molecule has 1 aliphatic rings. The molecule has 0 bridgehead atoms. The van der Waals surface area contributed by atoms with Crippen molar-refractivity contribution in [2.45, 2.75) is 36.7 Å². The van der Waals surface area contributed by atoms with E-state index >= 15 is 0 Å². The molecule has 0 aliphatic carbocycles. The van der Waals surface area contributed by atoms with Crippen LogP contribution < -0.4 is 10.6 Å². The molecule has 27 heavy (non-hydrogen) atoms. The smallest absolute Gasteiger partial charge is 0.253 e. The number of amides is 2. The number of likely N-dealkylation sites (N-methyl/N-ethyl adjacent to an activating group) is 1. The maximum Gasteiger partial charge on any atom is 0.253 e. The van der Waals surface area contributed by atoms with Crippen LogP contribution in [0.3, 0.4) is 0 Å². The summed E-state index contributed by atoms with van der Waals surface area (Å²) in [7, 11) is -2.34. The second-order valence-electron chi connectivity index (χ2n) is 6.28. The first-order chi connectivity index (χ1) is 12.8. The van der Waals surface area contributed by atoms with E-state index in [0.717, 1.165) is 27.3 Å². The van der Waals surface area contributed by atoms with Crippen molar-refractivity contribution in [2.75, 3.05) is 7.05 Å². The van der Waals surface area contributed by atoms with Crippen LogP contribution in [0.4, 0.5) is 0 Å². The van der Waals surface area contributed by atoms with Gasteiger partial charge in [0.2, 0.25) is 11.8 Å². The summed E-state index contributed by atoms with van der Waals surface area (Å²) in [5.41, 5.74) is 1.88. The van der Waals surface area contributed by atoms with E-state index in [1.54, 1.807) is 6.07 Å². The fourth-order valence-corrected chi connectivity index (χ4v) is 6.05. The van der Waals surface area contributed by atoms with E-state index in [1.165, 1.54) is 24.3 Å². The highest BCUT2D eigenvalue weighted by Gasteiger charge is 2.39. The fourth-order valence-electron chi connectivity index (χ4n) is 3.06. The molecule has 9 heteroatoms. The standard InChI is InChI=1S/C18H21N3O4S2/c1-12(22)20-10-15-7-8-17(26-15)27(24,25)21-11-14-6-4-3-5-13(14)9-16(21)18(23)19-2/h3-8,16H,9-11H2,1-2H3,(H,19,23)(H,20,22). The molecule has 2 heterocycles. The van der Waals surface area contributed by atoms with Crippen molar-refractivity contribution in [1.82, 2.24) is 14.9 Å². The lowest BCUT2D eigenvalue weighted by atomic mass is 9.95. The highest BCUT2D eigenvalue weighted by Crippen LogP contribution is 2.32. The molecule has 2 N–H and O–H groups in total. The summed E-state index contributed by atoms with van der Waals surface area (Å²) in [4.78, 5) is 24.2. The zero-order valence-corrected chi connectivity index (χ0v) is 16.7. The normalized spacial score (nSPS) is 17.2. The number of carbonyl (C=O) groups is 2. The van der Waals surface area contributed by atoms with Gasteiger partial charge < -0.3 is 10.6 Å². The van der Waals surface area contributed by atoms with Crippen molar-refractivity contribution in [1.29, 1.82) is 0 Å². The van der Waals surface area contributed by atoms with Crippen LogP contribution in [-0.2, 0) is 39.1 Å². The average Bonchev–Trinajstić information content (AvgIpc) is 3.14. The predicted octanol–water partition coefficient (Wildman–Crippen LogP) is 1.25. The summed E-state index contributed by atoms with van der Waals surface area (Å²) in [6.07, 6.45) is 0.333. The fraction of sp³-hybridized carbons (Fsp3) is 0.333. The quantitative estimate of drug-likeness (QED) is 0.780. The summed E-state index contributed by atoms with van der Waals surface area (Å²) < 4.78 is 27.9. The molecule has 144 valence electrons. The Morgan fingerprint density at radius 2 is 1.89 bits per heavy atom. The van der Waals surface area contributed by atoms with Crippen LogP contribution in [0.2, 0.25) is 0 Å². The van der Waals surface area contributed by atoms with E-state index in [1.807, 2.05) is 24.3 Å². The topological polar surface area (TPSA) is 95.6 Å². The Kier molecular flexibility index (Phi) is 5.64. The van der Waals surface area contributed by atoms with Gasteiger partial charge >= 0.3 is 0 Å². The highest BCUT2D eigenvalue weighted by molar-refractivity contribution is 7.91. The molecular weight excluding hydrogens is 386 g/mol. The summed E-state index contributed by atoms with van der Waals surface area (Å²) >= 11 is 1.10. The van der Waals surface area contributed by atoms with Crippen LogP contribution in [0.25, 0.3) is 0 Å². The first-order valence-corrected chi connectivity index (χ1v) is 10.7. The van der Waals surface area contributed by atoms with Gasteiger partial charge in [-0.2, -0.15) is 4.31 Å². The third-order valence-electron chi connectivity index (χ3n) is 4.47. The molecule has 7 nitrogen and oxygen atoms in total. The Balaban J connectivity index is 1.93. The molecule has 1 aromatic carbocycles. The number of hydrogen-bond acceptors (Lipinski definition) is 5. The number of rotatable bonds is 5. The average molecular weight is 408 g/mol. The second kappa shape index (κ2) is 7.79. The summed E-state index contributed by atoms with van der Waals surface area (Å²) in [5.74, 6) is -0.511. The van der Waals surface area contributed by atoms with Gasteiger partial charge in [0.25, 0.3) is 10.0 Å². The zero-order valence-electron chi connectivity index (χ0n) is 15.1. The minimum absolute atomic E-state index is 0.148. The molecule has 0 radical (unpaired) electrons. The van der Waals surface area contributed by atoms with Crippen LogP contribution in [0.1, 0.15) is 22.9 Å². The van der Waals surface area contributed by atoms with Crippen molar-refractivity contribution >= 4 is 33.2 Å². The van der Waals surface area contributed by atoms with Crippen LogP contribution in [-0.4, -0.2) is 37.6 Å². The molecule has 2 amide bonds. The Labute approximate surface area is 162 Å². The molecule has 0 saturated carbocycles. The van der Waals surface area contributed by atoms with Crippen molar-refractivity contribution in [3.8, 4) is 0 Å². The van der Waals surface area contributed by atoms with Gasteiger partial charge in [0, 0.05) is 25.4 Å². The molecule has 1 aliphatic heterocycles. The third-order valence-corrected chi connectivity index (χ3v) is 7.87. The first kappa shape index (κ1) is 19.5. The molecule has 0 saturated heterocycles. The second-order valence-corrected chi connectivity index (χ2v) is 9.57. The van der Waals surface area contributed by atoms with Crippen LogP contribution in [0, 0.1) is 0 Å². The monoisotopic (exact) mass is 407 g/mol. The number of hydrogen-bond donors (Lipinski definition) is 2. The van der Waals surface area contributed by atoms with Crippen molar-refractivity contribution in [3.05, 3.63) is 52.4 Å². The number of thiophene rings is 1. The molecule has 1 atom stereocenters. The minimum Gasteiger partial charge on any atom is -0.358 e. The molecular formula is C18H21N3O4S2. The molecule has 0 spiro atoms. The maximum atomic E-state index is 13.2. The van der Waals surface area contributed by atoms with Crippen LogP contribution in [0.15, 0.2) is 40.6 Å². The van der Waals surface area contributed by atoms with Gasteiger partial charge in [-0.25, -0.2) is 8.42 Å². The largest absolute Gasteiger partial charge is 0.358 e. The molecule has 1 aromatic heterocycles. The van der Waals surface area contributed by atoms with Gasteiger partial charge in [-0.1, -0.05) is 24.3 Å². The van der Waals surface area contributed by atoms with Gasteiger partial charge in [0.15, 0.2) is 0 Å².